The number of anilines is 2. The Balaban J connectivity index is 2.02. The van der Waals surface area contributed by atoms with Crippen LogP contribution in [0.3, 0.4) is 0 Å². The van der Waals surface area contributed by atoms with Crippen molar-refractivity contribution in [3.05, 3.63) is 42.5 Å². The van der Waals surface area contributed by atoms with Gasteiger partial charge in [0.25, 0.3) is 20.2 Å². The van der Waals surface area contributed by atoms with E-state index in [-0.39, 0.29) is 27.0 Å². The summed E-state index contributed by atoms with van der Waals surface area (Å²) in [5.74, 6) is -0.776. The van der Waals surface area contributed by atoms with Gasteiger partial charge in [-0.1, -0.05) is 0 Å². The largest absolute Gasteiger partial charge is 0.398 e. The van der Waals surface area contributed by atoms with Crippen LogP contribution >= 0.6 is 0 Å². The highest BCUT2D eigenvalue weighted by Gasteiger charge is 2.24. The first-order valence-electron chi connectivity index (χ1n) is 9.77. The van der Waals surface area contributed by atoms with Crippen molar-refractivity contribution in [3.8, 4) is 0 Å². The van der Waals surface area contributed by atoms with E-state index in [1.54, 1.807) is 0 Å². The van der Waals surface area contributed by atoms with Crippen molar-refractivity contribution in [1.29, 1.82) is 0 Å². The number of sulfone groups is 1. The average Bonchev–Trinajstić information content (AvgIpc) is 2.76. The van der Waals surface area contributed by atoms with Crippen LogP contribution < -0.4 is 11.5 Å². The molecule has 3 aromatic rings. The number of azo groups is 1. The highest BCUT2D eigenvalue weighted by molar-refractivity contribution is 7.91. The van der Waals surface area contributed by atoms with E-state index in [0.717, 1.165) is 30.3 Å². The summed E-state index contributed by atoms with van der Waals surface area (Å²) in [4.78, 5) is -1.83. The molecule has 3 aromatic carbocycles. The van der Waals surface area contributed by atoms with Crippen LogP contribution in [0.25, 0.3) is 10.8 Å². The van der Waals surface area contributed by atoms with E-state index in [1.165, 1.54) is 12.1 Å². The van der Waals surface area contributed by atoms with E-state index in [1.807, 2.05) is 0 Å². The van der Waals surface area contributed by atoms with E-state index in [2.05, 4.69) is 14.4 Å². The summed E-state index contributed by atoms with van der Waals surface area (Å²) < 4.78 is 124. The van der Waals surface area contributed by atoms with Crippen molar-refractivity contribution in [1.82, 2.24) is 0 Å². The first-order valence-corrected chi connectivity index (χ1v) is 15.7. The Morgan fingerprint density at radius 2 is 1.32 bits per heavy atom. The summed E-state index contributed by atoms with van der Waals surface area (Å²) in [6, 6.07) is 7.25. The molecular formula is C18H18N4O12S4. The topological polar surface area (TPSA) is 283 Å². The lowest BCUT2D eigenvalue weighted by Crippen LogP contribution is -2.15. The lowest BCUT2D eigenvalue weighted by molar-refractivity contribution is 0.284. The molecule has 206 valence electrons. The molecule has 0 aromatic heterocycles. The SMILES string of the molecule is Nc1cc2c(N)c(N=Nc3ccc(S(=O)(=O)CCOS(=O)(=O)O)cc3)c(S(=O)(=O)O)cc2cc1S(=O)(=O)O. The molecule has 0 radical (unpaired) electrons. The fourth-order valence-electron chi connectivity index (χ4n) is 3.15. The molecule has 0 saturated carbocycles. The van der Waals surface area contributed by atoms with Gasteiger partial charge in [-0.05, 0) is 47.9 Å². The molecule has 3 rings (SSSR count). The van der Waals surface area contributed by atoms with E-state index in [0.29, 0.717) is 0 Å². The minimum absolute atomic E-state index is 0.000145. The van der Waals surface area contributed by atoms with Crippen LogP contribution in [0.1, 0.15) is 0 Å². The maximum atomic E-state index is 12.3. The van der Waals surface area contributed by atoms with Gasteiger partial charge in [-0.25, -0.2) is 12.6 Å². The van der Waals surface area contributed by atoms with Gasteiger partial charge < -0.3 is 11.5 Å². The molecule has 0 atom stereocenters. The van der Waals surface area contributed by atoms with E-state index in [4.69, 9.17) is 16.0 Å². The second kappa shape index (κ2) is 10.1. The standard InChI is InChI=1S/C18H18N4O12S4/c19-14-9-13-10(7-15(14)36(25,26)27)8-16(37(28,29)30)18(17(13)20)22-21-11-1-3-12(4-2-11)35(23,24)6-5-34-38(31,32)33/h1-4,7-9H,5-6,19-20H2,(H,25,26,27)(H,28,29,30)(H,31,32,33). The van der Waals surface area contributed by atoms with Gasteiger partial charge in [-0.15, -0.1) is 5.11 Å². The zero-order valence-electron chi connectivity index (χ0n) is 18.7. The van der Waals surface area contributed by atoms with E-state index >= 15 is 0 Å². The number of benzene rings is 3. The number of nitrogens with two attached hydrogens (primary N) is 2. The second-order valence-corrected chi connectivity index (χ2v) is 13.4. The smallest absolute Gasteiger partial charge is 0.397 e. The Morgan fingerprint density at radius 3 is 1.84 bits per heavy atom. The molecule has 7 N–H and O–H groups in total. The molecule has 0 spiro atoms. The van der Waals surface area contributed by atoms with Gasteiger partial charge in [0.1, 0.15) is 15.5 Å². The lowest BCUT2D eigenvalue weighted by atomic mass is 10.1. The highest BCUT2D eigenvalue weighted by Crippen LogP contribution is 2.40. The van der Waals surface area contributed by atoms with Crippen LogP contribution in [-0.2, 0) is 44.7 Å². The Kier molecular flexibility index (Phi) is 7.83. The summed E-state index contributed by atoms with van der Waals surface area (Å²) in [7, 11) is -18.6. The van der Waals surface area contributed by atoms with Crippen LogP contribution in [0.4, 0.5) is 22.7 Å². The molecular weight excluding hydrogens is 592 g/mol. The number of nitrogen functional groups attached to an aromatic ring is 2. The van der Waals surface area contributed by atoms with Gasteiger partial charge >= 0.3 is 10.4 Å². The molecule has 0 bridgehead atoms. The van der Waals surface area contributed by atoms with Crippen LogP contribution in [0.2, 0.25) is 0 Å². The van der Waals surface area contributed by atoms with Gasteiger partial charge in [0, 0.05) is 5.39 Å². The predicted octanol–water partition coefficient (Wildman–Crippen LogP) is 1.51. The summed E-state index contributed by atoms with van der Waals surface area (Å²) in [5, 5.41) is 7.43. The monoisotopic (exact) mass is 610 g/mol. The molecule has 20 heteroatoms. The van der Waals surface area contributed by atoms with Crippen LogP contribution in [0, 0.1) is 0 Å². The minimum atomic E-state index is -4.98. The van der Waals surface area contributed by atoms with E-state index < -0.39 is 74.0 Å². The minimum Gasteiger partial charge on any atom is -0.398 e. The lowest BCUT2D eigenvalue weighted by Gasteiger charge is -2.12. The quantitative estimate of drug-likeness (QED) is 0.130. The summed E-state index contributed by atoms with van der Waals surface area (Å²) in [6.07, 6.45) is 0. The molecule has 0 aliphatic heterocycles. The zero-order valence-corrected chi connectivity index (χ0v) is 21.9. The van der Waals surface area contributed by atoms with Gasteiger partial charge in [0.05, 0.1) is 34.3 Å². The van der Waals surface area contributed by atoms with Crippen LogP contribution in [0.15, 0.2) is 67.4 Å². The maximum absolute atomic E-state index is 12.3. The first-order chi connectivity index (χ1) is 17.3. The van der Waals surface area contributed by atoms with Gasteiger partial charge in [0.15, 0.2) is 9.84 Å². The fraction of sp³-hybridized carbons (Fsp3) is 0.111. The average molecular weight is 611 g/mol. The van der Waals surface area contributed by atoms with Crippen molar-refractivity contribution in [2.24, 2.45) is 10.2 Å². The number of rotatable bonds is 9. The third kappa shape index (κ3) is 6.79. The molecule has 0 unspecified atom stereocenters. The van der Waals surface area contributed by atoms with Crippen LogP contribution in [-0.4, -0.2) is 59.7 Å². The first kappa shape index (κ1) is 29.3. The Bertz CT molecular complexity index is 1890. The number of nitrogens with zero attached hydrogens (tertiary/aromatic N) is 2. The molecule has 0 amide bonds. The van der Waals surface area contributed by atoms with Gasteiger partial charge in [0.2, 0.25) is 0 Å². The molecule has 16 nitrogen and oxygen atoms in total. The van der Waals surface area contributed by atoms with Crippen molar-refractivity contribution in [2.75, 3.05) is 23.8 Å². The molecule has 0 fully saturated rings. The van der Waals surface area contributed by atoms with Crippen molar-refractivity contribution in [3.63, 3.8) is 0 Å². The number of hydrogen-bond donors (Lipinski definition) is 5. The Labute approximate surface area is 216 Å². The third-order valence-electron chi connectivity index (χ3n) is 4.85. The van der Waals surface area contributed by atoms with E-state index in [9.17, 15) is 42.8 Å². The van der Waals surface area contributed by atoms with Gasteiger partial charge in [-0.2, -0.15) is 30.4 Å². The molecule has 0 saturated heterocycles. The summed E-state index contributed by atoms with van der Waals surface area (Å²) in [5.41, 5.74) is 10.4. The predicted molar refractivity (Wildman–Crippen MR) is 133 cm³/mol. The van der Waals surface area contributed by atoms with Crippen molar-refractivity contribution < 1.29 is 51.5 Å². The molecule has 0 aliphatic rings. The zero-order chi connectivity index (χ0) is 28.7. The summed E-state index contributed by atoms with van der Waals surface area (Å²) >= 11 is 0. The second-order valence-electron chi connectivity index (χ2n) is 7.46. The maximum Gasteiger partial charge on any atom is 0.397 e. The molecule has 38 heavy (non-hydrogen) atoms. The normalized spacial score (nSPS) is 13.3. The Hall–Kier alpha value is -3.24. The number of fused-ring (bicyclic) bond motifs is 1. The molecule has 0 heterocycles. The van der Waals surface area contributed by atoms with Crippen LogP contribution in [0.5, 0.6) is 0 Å². The van der Waals surface area contributed by atoms with Crippen molar-refractivity contribution >= 4 is 74.0 Å². The highest BCUT2D eigenvalue weighted by atomic mass is 32.3. The fourth-order valence-corrected chi connectivity index (χ4v) is 5.95. The number of hydrogen-bond acceptors (Lipinski definition) is 13. The Morgan fingerprint density at radius 1 is 0.763 bits per heavy atom. The third-order valence-corrected chi connectivity index (χ3v) is 8.78. The molecule has 0 aliphatic carbocycles. The summed E-state index contributed by atoms with van der Waals surface area (Å²) in [6.45, 7) is -0.835. The van der Waals surface area contributed by atoms with Gasteiger partial charge in [-0.3, -0.25) is 13.7 Å². The van der Waals surface area contributed by atoms with Crippen molar-refractivity contribution in [2.45, 2.75) is 14.7 Å².